The lowest BCUT2D eigenvalue weighted by Crippen LogP contribution is -2.26. The van der Waals surface area contributed by atoms with Crippen LogP contribution in [-0.4, -0.2) is 31.8 Å². The SMILES string of the molecule is CCCCCCCCCCCCCCCCCC(=O)NCCP(=O)(OCC)OCC. The molecule has 0 fully saturated rings. The Morgan fingerprint density at radius 1 is 0.667 bits per heavy atom. The Labute approximate surface area is 187 Å². The van der Waals surface area contributed by atoms with Crippen molar-refractivity contribution in [3.8, 4) is 0 Å². The second kappa shape index (κ2) is 21.8. The van der Waals surface area contributed by atoms with Crippen LogP contribution in [0.25, 0.3) is 0 Å². The molecule has 0 radical (unpaired) electrons. The molecule has 0 saturated heterocycles. The smallest absolute Gasteiger partial charge is 0.332 e. The molecule has 6 heteroatoms. The van der Waals surface area contributed by atoms with Crippen molar-refractivity contribution >= 4 is 13.5 Å². The first kappa shape index (κ1) is 29.6. The highest BCUT2D eigenvalue weighted by molar-refractivity contribution is 7.53. The van der Waals surface area contributed by atoms with Gasteiger partial charge >= 0.3 is 7.60 Å². The summed E-state index contributed by atoms with van der Waals surface area (Å²) >= 11 is 0. The summed E-state index contributed by atoms with van der Waals surface area (Å²) in [5.74, 6) is 0.0317. The molecular weight excluding hydrogens is 397 g/mol. The minimum atomic E-state index is -3.05. The van der Waals surface area contributed by atoms with E-state index >= 15 is 0 Å². The van der Waals surface area contributed by atoms with Gasteiger partial charge in [-0.05, 0) is 20.3 Å². The van der Waals surface area contributed by atoms with Gasteiger partial charge in [-0.15, -0.1) is 0 Å². The second-order valence-corrected chi connectivity index (χ2v) is 10.4. The first-order valence-corrected chi connectivity index (χ1v) is 14.5. The fourth-order valence-corrected chi connectivity index (χ4v) is 5.14. The Morgan fingerprint density at radius 3 is 1.47 bits per heavy atom. The fraction of sp³-hybridized carbons (Fsp3) is 0.958. The van der Waals surface area contributed by atoms with Crippen LogP contribution in [0.2, 0.25) is 0 Å². The highest BCUT2D eigenvalue weighted by Gasteiger charge is 2.22. The van der Waals surface area contributed by atoms with Gasteiger partial charge in [-0.25, -0.2) is 0 Å². The van der Waals surface area contributed by atoms with Crippen molar-refractivity contribution in [1.82, 2.24) is 5.32 Å². The molecule has 0 aliphatic rings. The van der Waals surface area contributed by atoms with Crippen LogP contribution in [0.15, 0.2) is 0 Å². The van der Waals surface area contributed by atoms with Gasteiger partial charge in [0.1, 0.15) is 0 Å². The number of hydrogen-bond acceptors (Lipinski definition) is 4. The molecule has 0 aromatic carbocycles. The lowest BCUT2D eigenvalue weighted by Gasteiger charge is -2.17. The molecule has 0 aliphatic carbocycles. The van der Waals surface area contributed by atoms with E-state index < -0.39 is 7.60 Å². The average molecular weight is 448 g/mol. The molecule has 0 atom stereocenters. The van der Waals surface area contributed by atoms with E-state index in [-0.39, 0.29) is 12.1 Å². The standard InChI is InChI=1S/C24H50NO4P/c1-4-7-8-9-10-11-12-13-14-15-16-17-18-19-20-21-24(26)25-22-23-30(27,28-5-2)29-6-3/h4-23H2,1-3H3,(H,25,26). The van der Waals surface area contributed by atoms with Crippen molar-refractivity contribution in [3.63, 3.8) is 0 Å². The zero-order valence-electron chi connectivity index (χ0n) is 20.2. The zero-order valence-corrected chi connectivity index (χ0v) is 21.1. The topological polar surface area (TPSA) is 64.6 Å². The molecule has 30 heavy (non-hydrogen) atoms. The van der Waals surface area contributed by atoms with E-state index in [2.05, 4.69) is 12.2 Å². The van der Waals surface area contributed by atoms with Crippen molar-refractivity contribution in [2.45, 2.75) is 124 Å². The van der Waals surface area contributed by atoms with Crippen LogP contribution in [0, 0.1) is 0 Å². The van der Waals surface area contributed by atoms with E-state index in [0.29, 0.717) is 26.2 Å². The van der Waals surface area contributed by atoms with Crippen LogP contribution in [0.1, 0.15) is 124 Å². The molecule has 0 aliphatic heterocycles. The van der Waals surface area contributed by atoms with E-state index in [1.165, 1.54) is 83.5 Å². The first-order chi connectivity index (χ1) is 14.6. The maximum atomic E-state index is 12.3. The summed E-state index contributed by atoms with van der Waals surface area (Å²) < 4.78 is 22.8. The number of nitrogens with one attached hydrogen (secondary N) is 1. The van der Waals surface area contributed by atoms with Crippen LogP contribution in [0.4, 0.5) is 0 Å². The van der Waals surface area contributed by atoms with Gasteiger partial charge in [0.05, 0.1) is 19.4 Å². The maximum Gasteiger partial charge on any atom is 0.332 e. The van der Waals surface area contributed by atoms with E-state index in [4.69, 9.17) is 9.05 Å². The molecule has 0 heterocycles. The number of carbonyl (C=O) groups excluding carboxylic acids is 1. The highest BCUT2D eigenvalue weighted by atomic mass is 31.2. The number of hydrogen-bond donors (Lipinski definition) is 1. The number of amides is 1. The quantitative estimate of drug-likeness (QED) is 0.129. The van der Waals surface area contributed by atoms with Crippen LogP contribution in [-0.2, 0) is 18.4 Å². The third-order valence-electron chi connectivity index (χ3n) is 5.37. The van der Waals surface area contributed by atoms with E-state index in [1.54, 1.807) is 13.8 Å². The molecule has 0 saturated carbocycles. The average Bonchev–Trinajstić information content (AvgIpc) is 2.71. The molecular formula is C24H50NO4P. The summed E-state index contributed by atoms with van der Waals surface area (Å²) in [5, 5.41) is 2.83. The summed E-state index contributed by atoms with van der Waals surface area (Å²) in [5.41, 5.74) is 0. The van der Waals surface area contributed by atoms with E-state index in [0.717, 1.165) is 12.8 Å². The molecule has 0 aromatic heterocycles. The summed E-state index contributed by atoms with van der Waals surface area (Å²) in [6, 6.07) is 0. The Balaban J connectivity index is 3.40. The number of carbonyl (C=O) groups is 1. The summed E-state index contributed by atoms with van der Waals surface area (Å²) in [7, 11) is -3.05. The summed E-state index contributed by atoms with van der Waals surface area (Å²) in [6.45, 7) is 6.90. The van der Waals surface area contributed by atoms with Crippen molar-refractivity contribution in [2.75, 3.05) is 25.9 Å². The zero-order chi connectivity index (χ0) is 22.3. The van der Waals surface area contributed by atoms with E-state index in [1.807, 2.05) is 0 Å². The lowest BCUT2D eigenvalue weighted by atomic mass is 10.0. The monoisotopic (exact) mass is 447 g/mol. The molecule has 0 bridgehead atoms. The van der Waals surface area contributed by atoms with Crippen molar-refractivity contribution in [3.05, 3.63) is 0 Å². The van der Waals surface area contributed by atoms with Crippen molar-refractivity contribution in [2.24, 2.45) is 0 Å². The van der Waals surface area contributed by atoms with Crippen molar-refractivity contribution < 1.29 is 18.4 Å². The van der Waals surface area contributed by atoms with Gasteiger partial charge in [-0.3, -0.25) is 9.36 Å². The Morgan fingerprint density at radius 2 is 1.07 bits per heavy atom. The minimum absolute atomic E-state index is 0.0317. The Hall–Kier alpha value is -0.380. The van der Waals surface area contributed by atoms with Gasteiger partial charge in [0.25, 0.3) is 0 Å². The van der Waals surface area contributed by atoms with Gasteiger partial charge in [0, 0.05) is 13.0 Å². The summed E-state index contributed by atoms with van der Waals surface area (Å²) in [6.07, 6.45) is 20.6. The third kappa shape index (κ3) is 19.6. The largest absolute Gasteiger partial charge is 0.355 e. The van der Waals surface area contributed by atoms with Crippen LogP contribution in [0.5, 0.6) is 0 Å². The fourth-order valence-electron chi connectivity index (χ4n) is 3.64. The Kier molecular flexibility index (Phi) is 21.6. The van der Waals surface area contributed by atoms with Gasteiger partial charge in [-0.2, -0.15) is 0 Å². The summed E-state index contributed by atoms with van der Waals surface area (Å²) in [4.78, 5) is 11.9. The molecule has 1 N–H and O–H groups in total. The van der Waals surface area contributed by atoms with Crippen LogP contribution < -0.4 is 5.32 Å². The normalized spacial score (nSPS) is 11.7. The highest BCUT2D eigenvalue weighted by Crippen LogP contribution is 2.47. The molecule has 0 unspecified atom stereocenters. The molecule has 0 spiro atoms. The van der Waals surface area contributed by atoms with Crippen LogP contribution in [0.3, 0.4) is 0 Å². The van der Waals surface area contributed by atoms with Gasteiger partial charge in [0.15, 0.2) is 0 Å². The predicted molar refractivity (Wildman–Crippen MR) is 128 cm³/mol. The van der Waals surface area contributed by atoms with Gasteiger partial charge in [0.2, 0.25) is 5.91 Å². The first-order valence-electron chi connectivity index (χ1n) is 12.7. The molecule has 180 valence electrons. The van der Waals surface area contributed by atoms with Gasteiger partial charge in [-0.1, -0.05) is 96.8 Å². The maximum absolute atomic E-state index is 12.3. The predicted octanol–water partition coefficient (Wildman–Crippen LogP) is 7.63. The third-order valence-corrected chi connectivity index (χ3v) is 7.44. The number of unbranched alkanes of at least 4 members (excludes halogenated alkanes) is 14. The number of rotatable bonds is 23. The molecule has 0 aromatic rings. The Bertz CT molecular complexity index is 421. The lowest BCUT2D eigenvalue weighted by molar-refractivity contribution is -0.121. The molecule has 1 amide bonds. The minimum Gasteiger partial charge on any atom is -0.355 e. The molecule has 0 rings (SSSR count). The van der Waals surface area contributed by atoms with E-state index in [9.17, 15) is 9.36 Å². The van der Waals surface area contributed by atoms with Gasteiger partial charge < -0.3 is 14.4 Å². The molecule has 5 nitrogen and oxygen atoms in total. The second-order valence-electron chi connectivity index (χ2n) is 8.22. The van der Waals surface area contributed by atoms with Crippen LogP contribution >= 0.6 is 7.60 Å². The van der Waals surface area contributed by atoms with Crippen molar-refractivity contribution in [1.29, 1.82) is 0 Å².